The molecule has 1 aromatic heterocycles. The van der Waals surface area contributed by atoms with Gasteiger partial charge in [0.25, 0.3) is 5.91 Å². The predicted octanol–water partition coefficient (Wildman–Crippen LogP) is 3.79. The van der Waals surface area contributed by atoms with Crippen molar-refractivity contribution in [3.8, 4) is 11.5 Å². The summed E-state index contributed by atoms with van der Waals surface area (Å²) in [7, 11) is 0. The molecule has 0 atom stereocenters. The smallest absolute Gasteiger partial charge is 0.263 e. The number of hydrogen-bond acceptors (Lipinski definition) is 6. The lowest BCUT2D eigenvalue weighted by molar-refractivity contribution is -0.115. The molecule has 3 rings (SSSR count). The summed E-state index contributed by atoms with van der Waals surface area (Å²) in [6, 6.07) is 9.19. The van der Waals surface area contributed by atoms with Crippen molar-refractivity contribution in [2.24, 2.45) is 0 Å². The minimum Gasteiger partial charge on any atom is -0.490 e. The van der Waals surface area contributed by atoms with E-state index in [1.54, 1.807) is 30.6 Å². The first-order valence-electron chi connectivity index (χ1n) is 7.32. The molecule has 2 aromatic rings. The number of pyridine rings is 1. The van der Waals surface area contributed by atoms with Crippen LogP contribution in [0.4, 0.5) is 0 Å². The second-order valence-corrected chi connectivity index (χ2v) is 7.55. The molecule has 1 fully saturated rings. The number of ether oxygens (including phenoxy) is 2. The SMILES string of the molecule is O=C1NC(=S)S/C1=C\c1cc(Br)ccc1OCCOc1ccncc1. The van der Waals surface area contributed by atoms with Gasteiger partial charge < -0.3 is 14.8 Å². The van der Waals surface area contributed by atoms with Crippen molar-refractivity contribution < 1.29 is 14.3 Å². The number of hydrogen-bond donors (Lipinski definition) is 1. The molecule has 5 nitrogen and oxygen atoms in total. The summed E-state index contributed by atoms with van der Waals surface area (Å²) in [4.78, 5) is 16.3. The minimum absolute atomic E-state index is 0.193. The molecule has 128 valence electrons. The van der Waals surface area contributed by atoms with Crippen molar-refractivity contribution in [2.45, 2.75) is 0 Å². The Morgan fingerprint density at radius 3 is 2.68 bits per heavy atom. The molecule has 25 heavy (non-hydrogen) atoms. The van der Waals surface area contributed by atoms with Crippen LogP contribution in [-0.2, 0) is 4.79 Å². The van der Waals surface area contributed by atoms with Crippen LogP contribution >= 0.6 is 39.9 Å². The summed E-state index contributed by atoms with van der Waals surface area (Å²) in [5, 5.41) is 2.60. The van der Waals surface area contributed by atoms with E-state index in [0.717, 1.165) is 15.8 Å². The third-order valence-corrected chi connectivity index (χ3v) is 4.82. The Kier molecular flexibility index (Phi) is 6.06. The van der Waals surface area contributed by atoms with Crippen LogP contribution in [0.1, 0.15) is 5.56 Å². The van der Waals surface area contributed by atoms with Crippen LogP contribution in [0.3, 0.4) is 0 Å². The van der Waals surface area contributed by atoms with Gasteiger partial charge in [-0.3, -0.25) is 9.78 Å². The zero-order valence-corrected chi connectivity index (χ0v) is 16.1. The van der Waals surface area contributed by atoms with E-state index in [1.807, 2.05) is 18.2 Å². The summed E-state index contributed by atoms with van der Waals surface area (Å²) in [5.74, 6) is 1.21. The minimum atomic E-state index is -0.193. The van der Waals surface area contributed by atoms with Crippen LogP contribution in [0, 0.1) is 0 Å². The summed E-state index contributed by atoms with van der Waals surface area (Å²) in [5.41, 5.74) is 0.792. The standard InChI is InChI=1S/C17H13BrN2O3S2/c18-12-1-2-14(23-8-7-22-13-3-5-19-6-4-13)11(9-12)10-15-16(21)20-17(24)25-15/h1-6,9-10H,7-8H2,(H,20,21,24)/b15-10-. The maximum absolute atomic E-state index is 11.8. The number of carbonyl (C=O) groups is 1. The maximum atomic E-state index is 11.8. The molecule has 2 heterocycles. The van der Waals surface area contributed by atoms with E-state index < -0.39 is 0 Å². The molecule has 0 aliphatic carbocycles. The largest absolute Gasteiger partial charge is 0.490 e. The van der Waals surface area contributed by atoms with Crippen molar-refractivity contribution >= 4 is 56.2 Å². The van der Waals surface area contributed by atoms with Gasteiger partial charge >= 0.3 is 0 Å². The highest BCUT2D eigenvalue weighted by molar-refractivity contribution is 9.10. The molecule has 0 spiro atoms. The first kappa shape index (κ1) is 17.9. The van der Waals surface area contributed by atoms with Crippen molar-refractivity contribution in [2.75, 3.05) is 13.2 Å². The van der Waals surface area contributed by atoms with E-state index in [9.17, 15) is 4.79 Å². The van der Waals surface area contributed by atoms with E-state index in [2.05, 4.69) is 26.2 Å². The molecule has 1 amide bonds. The summed E-state index contributed by atoms with van der Waals surface area (Å²) in [6.07, 6.45) is 5.11. The lowest BCUT2D eigenvalue weighted by atomic mass is 10.2. The summed E-state index contributed by atoms with van der Waals surface area (Å²) >= 11 is 9.68. The van der Waals surface area contributed by atoms with Gasteiger partial charge in [0, 0.05) is 22.4 Å². The van der Waals surface area contributed by atoms with Gasteiger partial charge in [0.2, 0.25) is 0 Å². The van der Waals surface area contributed by atoms with Crippen LogP contribution in [0.25, 0.3) is 6.08 Å². The third kappa shape index (κ3) is 5.04. The number of thioether (sulfide) groups is 1. The van der Waals surface area contributed by atoms with Crippen molar-refractivity contribution in [3.05, 3.63) is 57.7 Å². The van der Waals surface area contributed by atoms with Gasteiger partial charge in [0.1, 0.15) is 29.0 Å². The van der Waals surface area contributed by atoms with Crippen molar-refractivity contribution in [3.63, 3.8) is 0 Å². The number of nitrogens with zero attached hydrogens (tertiary/aromatic N) is 1. The van der Waals surface area contributed by atoms with E-state index in [-0.39, 0.29) is 5.91 Å². The molecule has 1 aliphatic heterocycles. The molecule has 1 N–H and O–H groups in total. The quantitative estimate of drug-likeness (QED) is 0.422. The lowest BCUT2D eigenvalue weighted by Gasteiger charge is -2.11. The summed E-state index contributed by atoms with van der Waals surface area (Å²) in [6.45, 7) is 0.771. The van der Waals surface area contributed by atoms with Crippen molar-refractivity contribution in [1.29, 1.82) is 0 Å². The third-order valence-electron chi connectivity index (χ3n) is 3.16. The second-order valence-electron chi connectivity index (χ2n) is 4.91. The Bertz CT molecular complexity index is 828. The van der Waals surface area contributed by atoms with Gasteiger partial charge in [-0.15, -0.1) is 0 Å². The van der Waals surface area contributed by atoms with Gasteiger partial charge in [-0.25, -0.2) is 0 Å². The van der Waals surface area contributed by atoms with Crippen LogP contribution in [-0.4, -0.2) is 28.4 Å². The fourth-order valence-electron chi connectivity index (χ4n) is 2.07. The highest BCUT2D eigenvalue weighted by atomic mass is 79.9. The number of amides is 1. The Morgan fingerprint density at radius 2 is 1.96 bits per heavy atom. The van der Waals surface area contributed by atoms with E-state index in [0.29, 0.717) is 28.2 Å². The molecule has 0 radical (unpaired) electrons. The van der Waals surface area contributed by atoms with Crippen LogP contribution in [0.5, 0.6) is 11.5 Å². The first-order chi connectivity index (χ1) is 12.1. The van der Waals surface area contributed by atoms with Crippen LogP contribution in [0.15, 0.2) is 52.1 Å². The number of carbonyl (C=O) groups excluding carboxylic acids is 1. The monoisotopic (exact) mass is 436 g/mol. The molecule has 0 unspecified atom stereocenters. The molecule has 8 heteroatoms. The first-order valence-corrected chi connectivity index (χ1v) is 9.33. The average molecular weight is 437 g/mol. The van der Waals surface area contributed by atoms with Crippen LogP contribution < -0.4 is 14.8 Å². The average Bonchev–Trinajstić information content (AvgIpc) is 2.91. The molecule has 1 aromatic carbocycles. The van der Waals surface area contributed by atoms with Gasteiger partial charge in [-0.05, 0) is 36.4 Å². The van der Waals surface area contributed by atoms with Gasteiger partial charge in [-0.2, -0.15) is 0 Å². The van der Waals surface area contributed by atoms with Crippen LogP contribution in [0.2, 0.25) is 0 Å². The Hall–Kier alpha value is -1.90. The topological polar surface area (TPSA) is 60.5 Å². The highest BCUT2D eigenvalue weighted by Crippen LogP contribution is 2.31. The fourth-order valence-corrected chi connectivity index (χ4v) is 3.49. The Labute approximate surface area is 162 Å². The Morgan fingerprint density at radius 1 is 1.20 bits per heavy atom. The van der Waals surface area contributed by atoms with Gasteiger partial charge in [-0.1, -0.05) is 39.9 Å². The number of aromatic nitrogens is 1. The molecule has 0 saturated carbocycles. The molecule has 1 aliphatic rings. The molecular formula is C17H13BrN2O3S2. The van der Waals surface area contributed by atoms with Gasteiger partial charge in [0.15, 0.2) is 0 Å². The normalized spacial score (nSPS) is 15.3. The van der Waals surface area contributed by atoms with Gasteiger partial charge in [0.05, 0.1) is 4.91 Å². The predicted molar refractivity (Wildman–Crippen MR) is 106 cm³/mol. The number of nitrogens with one attached hydrogen (secondary N) is 1. The molecule has 0 bridgehead atoms. The number of halogens is 1. The zero-order chi connectivity index (χ0) is 17.6. The number of thiocarbonyl (C=S) groups is 1. The Balaban J connectivity index is 1.66. The summed E-state index contributed by atoms with van der Waals surface area (Å²) < 4.78 is 12.7. The van der Waals surface area contributed by atoms with Crippen molar-refractivity contribution in [1.82, 2.24) is 10.3 Å². The fraction of sp³-hybridized carbons (Fsp3) is 0.118. The molecular weight excluding hydrogens is 424 g/mol. The highest BCUT2D eigenvalue weighted by Gasteiger charge is 2.22. The van der Waals surface area contributed by atoms with E-state index in [4.69, 9.17) is 21.7 Å². The van der Waals surface area contributed by atoms with E-state index >= 15 is 0 Å². The zero-order valence-electron chi connectivity index (χ0n) is 12.9. The number of benzene rings is 1. The maximum Gasteiger partial charge on any atom is 0.263 e. The second kappa shape index (κ2) is 8.46. The number of rotatable bonds is 6. The molecule has 1 saturated heterocycles. The van der Waals surface area contributed by atoms with E-state index in [1.165, 1.54) is 11.8 Å². The lowest BCUT2D eigenvalue weighted by Crippen LogP contribution is -2.17.